The third kappa shape index (κ3) is 2.82. The monoisotopic (exact) mass is 272 g/mol. The second-order valence-electron chi connectivity index (χ2n) is 4.77. The molecule has 1 aromatic heterocycles. The molecule has 0 bridgehead atoms. The summed E-state index contributed by atoms with van der Waals surface area (Å²) in [5.41, 5.74) is 8.46. The van der Waals surface area contributed by atoms with Gasteiger partial charge in [-0.05, 0) is 26.3 Å². The fraction of sp³-hybridized carbons (Fsp3) is 0.333. The van der Waals surface area contributed by atoms with E-state index in [-0.39, 0.29) is 17.7 Å². The molecule has 2 rings (SSSR count). The van der Waals surface area contributed by atoms with E-state index in [4.69, 9.17) is 5.73 Å². The summed E-state index contributed by atoms with van der Waals surface area (Å²) in [7, 11) is 0. The molecule has 1 heterocycles. The van der Waals surface area contributed by atoms with Gasteiger partial charge in [0, 0.05) is 16.8 Å². The van der Waals surface area contributed by atoms with E-state index in [2.05, 4.69) is 22.2 Å². The van der Waals surface area contributed by atoms with Crippen molar-refractivity contribution in [1.82, 2.24) is 9.97 Å². The molecular weight excluding hydrogens is 252 g/mol. The fourth-order valence-corrected chi connectivity index (χ4v) is 2.30. The van der Waals surface area contributed by atoms with Crippen LogP contribution in [-0.2, 0) is 6.42 Å². The predicted octanol–water partition coefficient (Wildman–Crippen LogP) is 2.81. The lowest BCUT2D eigenvalue weighted by atomic mass is 10.1. The number of benzene rings is 1. The van der Waals surface area contributed by atoms with Gasteiger partial charge in [0.1, 0.15) is 11.6 Å². The van der Waals surface area contributed by atoms with Crippen LogP contribution >= 0.6 is 0 Å². The standard InChI is InChI=1S/C15H20N4O/c1-4-11-9(2)18-15(16)19-14(11)17-10(3)12-7-5-6-8-13(12)20/h5-8,10,20H,4H2,1-3H3,(H3,16,17,18,19)/t10-/m1/s1. The Morgan fingerprint density at radius 2 is 2.00 bits per heavy atom. The molecule has 0 fully saturated rings. The van der Waals surface area contributed by atoms with Gasteiger partial charge in [0.05, 0.1) is 6.04 Å². The first-order valence-electron chi connectivity index (χ1n) is 6.70. The minimum absolute atomic E-state index is 0.0739. The molecule has 0 amide bonds. The summed E-state index contributed by atoms with van der Waals surface area (Å²) in [5, 5.41) is 13.2. The summed E-state index contributed by atoms with van der Waals surface area (Å²) in [6, 6.07) is 7.18. The summed E-state index contributed by atoms with van der Waals surface area (Å²) in [6.07, 6.45) is 0.821. The Morgan fingerprint density at radius 3 is 2.65 bits per heavy atom. The third-order valence-corrected chi connectivity index (χ3v) is 3.34. The van der Waals surface area contributed by atoms with Crippen LogP contribution < -0.4 is 11.1 Å². The van der Waals surface area contributed by atoms with Crippen molar-refractivity contribution < 1.29 is 5.11 Å². The first-order valence-corrected chi connectivity index (χ1v) is 6.70. The molecule has 0 radical (unpaired) electrons. The fourth-order valence-electron chi connectivity index (χ4n) is 2.30. The zero-order valence-corrected chi connectivity index (χ0v) is 12.0. The van der Waals surface area contributed by atoms with Crippen LogP contribution in [0, 0.1) is 6.92 Å². The van der Waals surface area contributed by atoms with E-state index >= 15 is 0 Å². The average Bonchev–Trinajstić information content (AvgIpc) is 2.38. The maximum absolute atomic E-state index is 9.90. The number of nitrogens with two attached hydrogens (primary N) is 1. The maximum Gasteiger partial charge on any atom is 0.222 e. The van der Waals surface area contributed by atoms with Gasteiger partial charge in [0.15, 0.2) is 0 Å². The SMILES string of the molecule is CCc1c(C)nc(N)nc1N[C@H](C)c1ccccc1O. The van der Waals surface area contributed by atoms with Crippen LogP contribution in [0.1, 0.15) is 36.7 Å². The highest BCUT2D eigenvalue weighted by Crippen LogP contribution is 2.28. The van der Waals surface area contributed by atoms with E-state index in [1.54, 1.807) is 12.1 Å². The molecule has 0 saturated heterocycles. The van der Waals surface area contributed by atoms with Gasteiger partial charge < -0.3 is 16.2 Å². The summed E-state index contributed by atoms with van der Waals surface area (Å²) in [4.78, 5) is 8.45. The molecule has 5 nitrogen and oxygen atoms in total. The number of aromatic nitrogens is 2. The molecule has 1 atom stereocenters. The molecule has 20 heavy (non-hydrogen) atoms. The molecule has 0 unspecified atom stereocenters. The van der Waals surface area contributed by atoms with Crippen molar-refractivity contribution >= 4 is 11.8 Å². The van der Waals surface area contributed by atoms with Crippen molar-refractivity contribution in [2.75, 3.05) is 11.1 Å². The summed E-state index contributed by atoms with van der Waals surface area (Å²) < 4.78 is 0. The highest BCUT2D eigenvalue weighted by Gasteiger charge is 2.14. The number of hydrogen-bond acceptors (Lipinski definition) is 5. The Labute approximate surface area is 118 Å². The second-order valence-corrected chi connectivity index (χ2v) is 4.77. The second kappa shape index (κ2) is 5.77. The Morgan fingerprint density at radius 1 is 1.30 bits per heavy atom. The number of nitrogens with one attached hydrogen (secondary N) is 1. The van der Waals surface area contributed by atoms with Gasteiger partial charge in [-0.2, -0.15) is 4.98 Å². The molecule has 0 aliphatic rings. The number of phenols is 1. The Kier molecular flexibility index (Phi) is 4.08. The molecule has 4 N–H and O–H groups in total. The molecule has 5 heteroatoms. The van der Waals surface area contributed by atoms with Gasteiger partial charge in [0.25, 0.3) is 0 Å². The van der Waals surface area contributed by atoms with E-state index < -0.39 is 0 Å². The van der Waals surface area contributed by atoms with Crippen LogP contribution in [0.15, 0.2) is 24.3 Å². The lowest BCUT2D eigenvalue weighted by Gasteiger charge is -2.19. The van der Waals surface area contributed by atoms with Gasteiger partial charge in [-0.1, -0.05) is 25.1 Å². The molecular formula is C15H20N4O. The molecule has 1 aromatic carbocycles. The van der Waals surface area contributed by atoms with Gasteiger partial charge >= 0.3 is 0 Å². The minimum Gasteiger partial charge on any atom is -0.508 e. The van der Waals surface area contributed by atoms with Gasteiger partial charge in [-0.3, -0.25) is 0 Å². The van der Waals surface area contributed by atoms with Crippen molar-refractivity contribution in [2.45, 2.75) is 33.2 Å². The third-order valence-electron chi connectivity index (χ3n) is 3.34. The van der Waals surface area contributed by atoms with Crippen LogP contribution in [0.5, 0.6) is 5.75 Å². The van der Waals surface area contributed by atoms with Crippen LogP contribution in [0.25, 0.3) is 0 Å². The van der Waals surface area contributed by atoms with Crippen molar-refractivity contribution in [3.05, 3.63) is 41.1 Å². The number of nitrogen functional groups attached to an aromatic ring is 1. The number of aryl methyl sites for hydroxylation is 1. The van der Waals surface area contributed by atoms with E-state index in [0.717, 1.165) is 29.1 Å². The minimum atomic E-state index is -0.0739. The number of anilines is 2. The van der Waals surface area contributed by atoms with Crippen molar-refractivity contribution in [2.24, 2.45) is 0 Å². The van der Waals surface area contributed by atoms with E-state index in [1.165, 1.54) is 0 Å². The molecule has 106 valence electrons. The molecule has 0 spiro atoms. The molecule has 2 aromatic rings. The Hall–Kier alpha value is -2.30. The topological polar surface area (TPSA) is 84.1 Å². The van der Waals surface area contributed by atoms with Gasteiger partial charge in [-0.15, -0.1) is 0 Å². The summed E-state index contributed by atoms with van der Waals surface area (Å²) in [6.45, 7) is 5.95. The molecule has 0 saturated carbocycles. The van der Waals surface area contributed by atoms with Gasteiger partial charge in [-0.25, -0.2) is 4.98 Å². The number of nitrogens with zero attached hydrogens (tertiary/aromatic N) is 2. The molecule has 0 aliphatic carbocycles. The largest absolute Gasteiger partial charge is 0.508 e. The van der Waals surface area contributed by atoms with Crippen LogP contribution in [0.2, 0.25) is 0 Å². The van der Waals surface area contributed by atoms with Crippen LogP contribution in [-0.4, -0.2) is 15.1 Å². The quantitative estimate of drug-likeness (QED) is 0.797. The normalized spacial score (nSPS) is 12.2. The zero-order chi connectivity index (χ0) is 14.7. The van der Waals surface area contributed by atoms with Crippen molar-refractivity contribution in [3.63, 3.8) is 0 Å². The average molecular weight is 272 g/mol. The lowest BCUT2D eigenvalue weighted by Crippen LogP contribution is -2.13. The summed E-state index contributed by atoms with van der Waals surface area (Å²) in [5.74, 6) is 1.25. The van der Waals surface area contributed by atoms with E-state index in [1.807, 2.05) is 26.0 Å². The number of para-hydroxylation sites is 1. The first kappa shape index (κ1) is 14.1. The van der Waals surface area contributed by atoms with E-state index in [0.29, 0.717) is 0 Å². The van der Waals surface area contributed by atoms with E-state index in [9.17, 15) is 5.11 Å². The van der Waals surface area contributed by atoms with Crippen LogP contribution in [0.3, 0.4) is 0 Å². The van der Waals surface area contributed by atoms with Crippen molar-refractivity contribution in [1.29, 1.82) is 0 Å². The molecule has 0 aliphatic heterocycles. The lowest BCUT2D eigenvalue weighted by molar-refractivity contribution is 0.465. The highest BCUT2D eigenvalue weighted by molar-refractivity contribution is 5.51. The van der Waals surface area contributed by atoms with Crippen LogP contribution in [0.4, 0.5) is 11.8 Å². The maximum atomic E-state index is 9.90. The van der Waals surface area contributed by atoms with Crippen molar-refractivity contribution in [3.8, 4) is 5.75 Å². The first-order chi connectivity index (χ1) is 9.52. The number of phenolic OH excluding ortho intramolecular Hbond substituents is 1. The Bertz CT molecular complexity index is 613. The number of hydrogen-bond donors (Lipinski definition) is 3. The smallest absolute Gasteiger partial charge is 0.222 e. The number of aromatic hydroxyl groups is 1. The van der Waals surface area contributed by atoms with Gasteiger partial charge in [0.2, 0.25) is 5.95 Å². The summed E-state index contributed by atoms with van der Waals surface area (Å²) >= 11 is 0. The zero-order valence-electron chi connectivity index (χ0n) is 12.0. The Balaban J connectivity index is 2.33. The number of rotatable bonds is 4. The highest BCUT2D eigenvalue weighted by atomic mass is 16.3. The predicted molar refractivity (Wildman–Crippen MR) is 80.7 cm³/mol.